The first-order valence-electron chi connectivity index (χ1n) is 9.06. The summed E-state index contributed by atoms with van der Waals surface area (Å²) >= 11 is 0. The van der Waals surface area contributed by atoms with Gasteiger partial charge in [0, 0.05) is 43.2 Å². The zero-order valence-corrected chi connectivity index (χ0v) is 14.7. The topological polar surface area (TPSA) is 62.3 Å². The molecule has 4 rings (SSSR count). The van der Waals surface area contributed by atoms with Gasteiger partial charge in [-0.25, -0.2) is 4.39 Å². The molecule has 6 heteroatoms. The Hall–Kier alpha value is -3.02. The smallest absolute Gasteiger partial charge is 0.244 e. The van der Waals surface area contributed by atoms with E-state index in [1.165, 1.54) is 18.2 Å². The molecule has 138 valence electrons. The molecular weight excluding hydrogens is 345 g/mol. The molecule has 1 aromatic carbocycles. The largest absolute Gasteiger partial charge is 0.353 e. The minimum atomic E-state index is -0.304. The minimum Gasteiger partial charge on any atom is -0.353 e. The van der Waals surface area contributed by atoms with Gasteiger partial charge >= 0.3 is 0 Å². The van der Waals surface area contributed by atoms with Crippen LogP contribution in [0.2, 0.25) is 0 Å². The van der Waals surface area contributed by atoms with Crippen LogP contribution >= 0.6 is 0 Å². The molecule has 2 aliphatic rings. The van der Waals surface area contributed by atoms with Gasteiger partial charge in [0.05, 0.1) is 0 Å². The minimum absolute atomic E-state index is 0.0397. The Morgan fingerprint density at radius 3 is 2.78 bits per heavy atom. The number of carbonyl (C=O) groups excluding carboxylic acids is 2. The molecule has 3 unspecified atom stereocenters. The molecule has 1 N–H and O–H groups in total. The molecule has 1 saturated heterocycles. The SMILES string of the molecule is O=C(/C=C/c1cccnc1)NCCC1C2CN(c3ccc(F)cc3)C(=O)C12. The molecule has 2 heterocycles. The Balaban J connectivity index is 1.22. The first-order chi connectivity index (χ1) is 13.1. The van der Waals surface area contributed by atoms with E-state index in [1.54, 1.807) is 35.5 Å². The third-order valence-electron chi connectivity index (χ3n) is 5.30. The summed E-state index contributed by atoms with van der Waals surface area (Å²) in [6.45, 7) is 1.23. The van der Waals surface area contributed by atoms with Gasteiger partial charge in [-0.1, -0.05) is 6.07 Å². The lowest BCUT2D eigenvalue weighted by atomic mass is 10.1. The quantitative estimate of drug-likeness (QED) is 0.801. The number of fused-ring (bicyclic) bond motifs is 1. The second-order valence-electron chi connectivity index (χ2n) is 6.98. The van der Waals surface area contributed by atoms with Crippen molar-refractivity contribution in [1.29, 1.82) is 0 Å². The fourth-order valence-corrected chi connectivity index (χ4v) is 3.86. The number of carbonyl (C=O) groups is 2. The summed E-state index contributed by atoms with van der Waals surface area (Å²) in [5.74, 6) is 0.366. The molecule has 1 aliphatic heterocycles. The number of anilines is 1. The summed E-state index contributed by atoms with van der Waals surface area (Å²) in [6.07, 6.45) is 7.38. The van der Waals surface area contributed by atoms with E-state index in [2.05, 4.69) is 10.3 Å². The standard InChI is InChI=1S/C21H20FN3O2/c22-15-4-6-16(7-5-15)25-13-18-17(20(18)21(25)27)9-11-24-19(26)8-3-14-2-1-10-23-12-14/h1-8,10,12,17-18,20H,9,11,13H2,(H,24,26)/b8-3+. The number of halogens is 1. The molecule has 0 bridgehead atoms. The maximum Gasteiger partial charge on any atom is 0.244 e. The summed E-state index contributed by atoms with van der Waals surface area (Å²) in [7, 11) is 0. The van der Waals surface area contributed by atoms with Gasteiger partial charge in [0.1, 0.15) is 5.82 Å². The van der Waals surface area contributed by atoms with Crippen LogP contribution in [0.3, 0.4) is 0 Å². The monoisotopic (exact) mass is 365 g/mol. The maximum absolute atomic E-state index is 13.0. The summed E-state index contributed by atoms with van der Waals surface area (Å²) in [6, 6.07) is 9.72. The van der Waals surface area contributed by atoms with Crippen molar-refractivity contribution in [2.24, 2.45) is 17.8 Å². The van der Waals surface area contributed by atoms with Crippen molar-refractivity contribution in [3.8, 4) is 0 Å². The Morgan fingerprint density at radius 1 is 1.30 bits per heavy atom. The zero-order valence-electron chi connectivity index (χ0n) is 14.7. The van der Waals surface area contributed by atoms with E-state index in [4.69, 9.17) is 0 Å². The molecular formula is C21H20FN3O2. The second-order valence-corrected chi connectivity index (χ2v) is 6.98. The van der Waals surface area contributed by atoms with Crippen LogP contribution in [0.25, 0.3) is 6.08 Å². The van der Waals surface area contributed by atoms with Gasteiger partial charge in [0.15, 0.2) is 0 Å². The second kappa shape index (κ2) is 7.31. The van der Waals surface area contributed by atoms with Gasteiger partial charge in [0.25, 0.3) is 0 Å². The number of benzene rings is 1. The van der Waals surface area contributed by atoms with Crippen LogP contribution in [-0.4, -0.2) is 29.9 Å². The fourth-order valence-electron chi connectivity index (χ4n) is 3.86. The average molecular weight is 365 g/mol. The van der Waals surface area contributed by atoms with Gasteiger partial charge in [-0.15, -0.1) is 0 Å². The molecule has 2 fully saturated rings. The van der Waals surface area contributed by atoms with Crippen molar-refractivity contribution in [3.05, 3.63) is 66.2 Å². The summed E-state index contributed by atoms with van der Waals surface area (Å²) in [5, 5.41) is 2.86. The van der Waals surface area contributed by atoms with Gasteiger partial charge in [-0.3, -0.25) is 14.6 Å². The number of hydrogen-bond donors (Lipinski definition) is 1. The van der Waals surface area contributed by atoms with Crippen molar-refractivity contribution in [2.75, 3.05) is 18.0 Å². The molecule has 1 aliphatic carbocycles. The highest BCUT2D eigenvalue weighted by Gasteiger charge is 2.60. The predicted octanol–water partition coefficient (Wildman–Crippen LogP) is 2.65. The normalized spacial score (nSPS) is 23.5. The van der Waals surface area contributed by atoms with E-state index in [1.807, 2.05) is 12.1 Å². The van der Waals surface area contributed by atoms with Crippen LogP contribution in [-0.2, 0) is 9.59 Å². The first-order valence-corrected chi connectivity index (χ1v) is 9.06. The maximum atomic E-state index is 13.0. The highest BCUT2D eigenvalue weighted by molar-refractivity contribution is 6.00. The van der Waals surface area contributed by atoms with Crippen LogP contribution < -0.4 is 10.2 Å². The van der Waals surface area contributed by atoms with Gasteiger partial charge in [-0.05, 0) is 60.2 Å². The van der Waals surface area contributed by atoms with E-state index < -0.39 is 0 Å². The molecule has 0 radical (unpaired) electrons. The summed E-state index contributed by atoms with van der Waals surface area (Å²) in [4.78, 5) is 30.1. The highest BCUT2D eigenvalue weighted by atomic mass is 19.1. The van der Waals surface area contributed by atoms with E-state index in [0.29, 0.717) is 24.9 Å². The predicted molar refractivity (Wildman–Crippen MR) is 100 cm³/mol. The van der Waals surface area contributed by atoms with Crippen LogP contribution in [0.5, 0.6) is 0 Å². The third kappa shape index (κ3) is 3.74. The molecule has 5 nitrogen and oxygen atoms in total. The lowest BCUT2D eigenvalue weighted by molar-refractivity contribution is -0.119. The number of piperidine rings is 1. The van der Waals surface area contributed by atoms with E-state index in [0.717, 1.165) is 17.7 Å². The van der Waals surface area contributed by atoms with E-state index in [-0.39, 0.29) is 23.5 Å². The van der Waals surface area contributed by atoms with E-state index >= 15 is 0 Å². The lowest BCUT2D eigenvalue weighted by Gasteiger charge is -2.20. The number of nitrogens with one attached hydrogen (secondary N) is 1. The molecule has 1 saturated carbocycles. The van der Waals surface area contributed by atoms with Crippen molar-refractivity contribution < 1.29 is 14.0 Å². The Bertz CT molecular complexity index is 867. The number of amides is 2. The number of pyridine rings is 1. The molecule has 2 aromatic rings. The molecule has 3 atom stereocenters. The lowest BCUT2D eigenvalue weighted by Crippen LogP contribution is -2.30. The Labute approximate surface area is 156 Å². The van der Waals surface area contributed by atoms with Crippen LogP contribution in [0.15, 0.2) is 54.9 Å². The number of aromatic nitrogens is 1. The van der Waals surface area contributed by atoms with Gasteiger partial charge in [-0.2, -0.15) is 0 Å². The van der Waals surface area contributed by atoms with Crippen molar-refractivity contribution in [2.45, 2.75) is 6.42 Å². The molecule has 2 amide bonds. The number of hydrogen-bond acceptors (Lipinski definition) is 3. The van der Waals surface area contributed by atoms with Gasteiger partial charge < -0.3 is 10.2 Å². The van der Waals surface area contributed by atoms with Crippen molar-refractivity contribution in [1.82, 2.24) is 10.3 Å². The van der Waals surface area contributed by atoms with Crippen molar-refractivity contribution >= 4 is 23.6 Å². The summed E-state index contributed by atoms with van der Waals surface area (Å²) in [5.41, 5.74) is 1.62. The van der Waals surface area contributed by atoms with Crippen LogP contribution in [0.1, 0.15) is 12.0 Å². The molecule has 27 heavy (non-hydrogen) atoms. The zero-order chi connectivity index (χ0) is 18.8. The van der Waals surface area contributed by atoms with Gasteiger partial charge in [0.2, 0.25) is 11.8 Å². The Morgan fingerprint density at radius 2 is 2.11 bits per heavy atom. The third-order valence-corrected chi connectivity index (χ3v) is 5.30. The molecule has 1 aromatic heterocycles. The fraction of sp³-hybridized carbons (Fsp3) is 0.286. The van der Waals surface area contributed by atoms with E-state index in [9.17, 15) is 14.0 Å². The van der Waals surface area contributed by atoms with Crippen LogP contribution in [0.4, 0.5) is 10.1 Å². The summed E-state index contributed by atoms with van der Waals surface area (Å²) < 4.78 is 13.0. The van der Waals surface area contributed by atoms with Crippen LogP contribution in [0, 0.1) is 23.6 Å². The first kappa shape index (κ1) is 17.4. The molecule has 0 spiro atoms. The number of rotatable bonds is 6. The van der Waals surface area contributed by atoms with Crippen molar-refractivity contribution in [3.63, 3.8) is 0 Å². The highest BCUT2D eigenvalue weighted by Crippen LogP contribution is 2.54. The Kier molecular flexibility index (Phi) is 4.71. The average Bonchev–Trinajstić information content (AvgIpc) is 3.26. The number of nitrogens with zero attached hydrogens (tertiary/aromatic N) is 2.